The number of hydrogen-bond donors (Lipinski definition) is 1. The van der Waals surface area contributed by atoms with E-state index in [1.54, 1.807) is 0 Å². The first kappa shape index (κ1) is 15.6. The largest absolute Gasteiger partial charge is 0.481 e. The Kier molecular flexibility index (Phi) is 4.43. The molecule has 1 aromatic carbocycles. The molecule has 0 bridgehead atoms. The SMILES string of the molecule is O=C(O)CSc1nncn1-c1ccc(Cl)c(C(F)(F)F)c1. The van der Waals surface area contributed by atoms with Crippen LogP contribution in [0.15, 0.2) is 29.7 Å². The van der Waals surface area contributed by atoms with Gasteiger partial charge in [0, 0.05) is 5.69 Å². The Morgan fingerprint density at radius 3 is 2.76 bits per heavy atom. The lowest BCUT2D eigenvalue weighted by atomic mass is 10.2. The molecule has 2 aromatic rings. The van der Waals surface area contributed by atoms with Gasteiger partial charge in [0.25, 0.3) is 0 Å². The van der Waals surface area contributed by atoms with E-state index in [1.807, 2.05) is 0 Å². The van der Waals surface area contributed by atoms with Gasteiger partial charge in [-0.3, -0.25) is 9.36 Å². The Morgan fingerprint density at radius 1 is 1.43 bits per heavy atom. The number of alkyl halides is 3. The number of nitrogens with zero attached hydrogens (tertiary/aromatic N) is 3. The van der Waals surface area contributed by atoms with Crippen molar-refractivity contribution in [1.82, 2.24) is 14.8 Å². The number of thioether (sulfide) groups is 1. The lowest BCUT2D eigenvalue weighted by Crippen LogP contribution is -2.08. The molecule has 112 valence electrons. The van der Waals surface area contributed by atoms with Gasteiger partial charge < -0.3 is 5.11 Å². The Labute approximate surface area is 125 Å². The van der Waals surface area contributed by atoms with Gasteiger partial charge in [-0.25, -0.2) is 0 Å². The molecule has 0 spiro atoms. The number of carboxylic acids is 1. The molecule has 0 aliphatic heterocycles. The molecule has 0 atom stereocenters. The molecular formula is C11H7ClF3N3O2S. The highest BCUT2D eigenvalue weighted by atomic mass is 35.5. The molecule has 5 nitrogen and oxygen atoms in total. The van der Waals surface area contributed by atoms with Gasteiger partial charge in [-0.1, -0.05) is 23.4 Å². The predicted octanol–water partition coefficient (Wildman–Crippen LogP) is 3.12. The van der Waals surface area contributed by atoms with Crippen molar-refractivity contribution < 1.29 is 23.1 Å². The monoisotopic (exact) mass is 337 g/mol. The van der Waals surface area contributed by atoms with Crippen molar-refractivity contribution in [3.8, 4) is 5.69 Å². The fraction of sp³-hybridized carbons (Fsp3) is 0.182. The molecule has 1 N–H and O–H groups in total. The first-order valence-corrected chi connectivity index (χ1v) is 6.77. The third kappa shape index (κ3) is 3.67. The fourth-order valence-electron chi connectivity index (χ4n) is 1.51. The number of carboxylic acid groups (broad SMARTS) is 1. The lowest BCUT2D eigenvalue weighted by molar-refractivity contribution is -0.137. The summed E-state index contributed by atoms with van der Waals surface area (Å²) in [6.07, 6.45) is -3.39. The molecule has 1 aromatic heterocycles. The van der Waals surface area contributed by atoms with Crippen LogP contribution in [-0.4, -0.2) is 31.6 Å². The number of hydrogen-bond acceptors (Lipinski definition) is 4. The highest BCUT2D eigenvalue weighted by molar-refractivity contribution is 7.99. The molecule has 10 heteroatoms. The van der Waals surface area contributed by atoms with Crippen molar-refractivity contribution in [2.75, 3.05) is 5.75 Å². The Hall–Kier alpha value is -1.74. The average Bonchev–Trinajstić information content (AvgIpc) is 2.84. The second-order valence-corrected chi connectivity index (χ2v) is 5.18. The highest BCUT2D eigenvalue weighted by Crippen LogP contribution is 2.36. The van der Waals surface area contributed by atoms with E-state index in [-0.39, 0.29) is 16.6 Å². The molecule has 0 saturated heterocycles. The van der Waals surface area contributed by atoms with Gasteiger partial charge in [0.1, 0.15) is 6.33 Å². The molecule has 0 saturated carbocycles. The summed E-state index contributed by atoms with van der Waals surface area (Å²) in [5.74, 6) is -1.35. The standard InChI is InChI=1S/C11H7ClF3N3O2S/c12-8-2-1-6(3-7(8)11(13,14)15)18-5-16-17-10(18)21-4-9(19)20/h1-3,5H,4H2,(H,19,20). The van der Waals surface area contributed by atoms with Crippen LogP contribution in [-0.2, 0) is 11.0 Å². The maximum atomic E-state index is 12.8. The van der Waals surface area contributed by atoms with Gasteiger partial charge in [-0.05, 0) is 18.2 Å². The van der Waals surface area contributed by atoms with E-state index in [0.29, 0.717) is 0 Å². The zero-order valence-corrected chi connectivity index (χ0v) is 11.7. The molecule has 0 aliphatic rings. The van der Waals surface area contributed by atoms with E-state index in [0.717, 1.165) is 23.9 Å². The van der Waals surface area contributed by atoms with Gasteiger partial charge >= 0.3 is 12.1 Å². The van der Waals surface area contributed by atoms with Gasteiger partial charge in [0.15, 0.2) is 5.16 Å². The molecule has 0 radical (unpaired) electrons. The highest BCUT2D eigenvalue weighted by Gasteiger charge is 2.33. The van der Waals surface area contributed by atoms with Crippen LogP contribution >= 0.6 is 23.4 Å². The van der Waals surface area contributed by atoms with Gasteiger partial charge in [-0.15, -0.1) is 10.2 Å². The fourth-order valence-corrected chi connectivity index (χ4v) is 2.38. The number of rotatable bonds is 4. The third-order valence-corrected chi connectivity index (χ3v) is 3.63. The number of benzene rings is 1. The average molecular weight is 338 g/mol. The minimum Gasteiger partial charge on any atom is -0.481 e. The summed E-state index contributed by atoms with van der Waals surface area (Å²) >= 11 is 6.39. The van der Waals surface area contributed by atoms with E-state index in [1.165, 1.54) is 17.0 Å². The molecule has 0 unspecified atom stereocenters. The summed E-state index contributed by atoms with van der Waals surface area (Å²) in [6.45, 7) is 0. The van der Waals surface area contributed by atoms with Crippen molar-refractivity contribution >= 4 is 29.3 Å². The van der Waals surface area contributed by atoms with Crippen LogP contribution in [0.25, 0.3) is 5.69 Å². The number of aromatic nitrogens is 3. The minimum atomic E-state index is -4.59. The van der Waals surface area contributed by atoms with Crippen LogP contribution in [0, 0.1) is 0 Å². The number of halogens is 4. The van der Waals surface area contributed by atoms with E-state index < -0.39 is 22.7 Å². The summed E-state index contributed by atoms with van der Waals surface area (Å²) in [7, 11) is 0. The maximum absolute atomic E-state index is 12.8. The van der Waals surface area contributed by atoms with E-state index in [9.17, 15) is 18.0 Å². The smallest absolute Gasteiger partial charge is 0.417 e. The van der Waals surface area contributed by atoms with E-state index in [2.05, 4.69) is 10.2 Å². The third-order valence-electron chi connectivity index (χ3n) is 2.37. The predicted molar refractivity (Wildman–Crippen MR) is 69.7 cm³/mol. The van der Waals surface area contributed by atoms with Crippen molar-refractivity contribution in [3.63, 3.8) is 0 Å². The van der Waals surface area contributed by atoms with Crippen molar-refractivity contribution in [2.45, 2.75) is 11.3 Å². The quantitative estimate of drug-likeness (QED) is 0.868. The van der Waals surface area contributed by atoms with Crippen LogP contribution in [0.3, 0.4) is 0 Å². The summed E-state index contributed by atoms with van der Waals surface area (Å²) in [5.41, 5.74) is -0.839. The van der Waals surface area contributed by atoms with Crippen molar-refractivity contribution in [2.24, 2.45) is 0 Å². The molecule has 0 aliphatic carbocycles. The molecule has 1 heterocycles. The lowest BCUT2D eigenvalue weighted by Gasteiger charge is -2.12. The molecule has 0 fully saturated rings. The Balaban J connectivity index is 2.39. The van der Waals surface area contributed by atoms with Gasteiger partial charge in [0.05, 0.1) is 16.3 Å². The first-order chi connectivity index (χ1) is 9.79. The molecule has 21 heavy (non-hydrogen) atoms. The second-order valence-electron chi connectivity index (χ2n) is 3.83. The molecule has 0 amide bonds. The number of carbonyl (C=O) groups is 1. The van der Waals surface area contributed by atoms with Gasteiger partial charge in [0.2, 0.25) is 0 Å². The normalized spacial score (nSPS) is 11.6. The van der Waals surface area contributed by atoms with Gasteiger partial charge in [-0.2, -0.15) is 13.2 Å². The van der Waals surface area contributed by atoms with E-state index in [4.69, 9.17) is 16.7 Å². The maximum Gasteiger partial charge on any atom is 0.417 e. The van der Waals surface area contributed by atoms with Crippen LogP contribution in [0.5, 0.6) is 0 Å². The topological polar surface area (TPSA) is 68.0 Å². The van der Waals surface area contributed by atoms with E-state index >= 15 is 0 Å². The second kappa shape index (κ2) is 5.94. The Morgan fingerprint density at radius 2 is 2.14 bits per heavy atom. The number of aliphatic carboxylic acids is 1. The van der Waals surface area contributed by atoms with Crippen LogP contribution < -0.4 is 0 Å². The molecular weight excluding hydrogens is 331 g/mol. The Bertz CT molecular complexity index is 675. The van der Waals surface area contributed by atoms with Crippen LogP contribution in [0.2, 0.25) is 5.02 Å². The zero-order valence-electron chi connectivity index (χ0n) is 10.1. The first-order valence-electron chi connectivity index (χ1n) is 5.41. The van der Waals surface area contributed by atoms with Crippen LogP contribution in [0.4, 0.5) is 13.2 Å². The van der Waals surface area contributed by atoms with Crippen molar-refractivity contribution in [1.29, 1.82) is 0 Å². The van der Waals surface area contributed by atoms with Crippen molar-refractivity contribution in [3.05, 3.63) is 35.1 Å². The summed E-state index contributed by atoms with van der Waals surface area (Å²) < 4.78 is 39.7. The summed E-state index contributed by atoms with van der Waals surface area (Å²) in [5, 5.41) is 15.6. The summed E-state index contributed by atoms with van der Waals surface area (Å²) in [4.78, 5) is 10.5. The summed E-state index contributed by atoms with van der Waals surface area (Å²) in [6, 6.07) is 3.34. The minimum absolute atomic E-state index is 0.143. The molecule has 2 rings (SSSR count). The van der Waals surface area contributed by atoms with Crippen LogP contribution in [0.1, 0.15) is 5.56 Å². The zero-order chi connectivity index (χ0) is 15.6.